The van der Waals surface area contributed by atoms with E-state index in [4.69, 9.17) is 18.9 Å². The minimum absolute atomic E-state index is 0.0390. The molecule has 4 aromatic rings. The number of hydrogen-bond donors (Lipinski definition) is 1. The number of fused-ring (bicyclic) bond motifs is 1. The van der Waals surface area contributed by atoms with Gasteiger partial charge in [-0.2, -0.15) is 0 Å². The summed E-state index contributed by atoms with van der Waals surface area (Å²) in [4.78, 5) is 49.4. The molecule has 1 heterocycles. The molecule has 2 atom stereocenters. The zero-order chi connectivity index (χ0) is 34.4. The van der Waals surface area contributed by atoms with E-state index in [0.717, 1.165) is 23.4 Å². The van der Waals surface area contributed by atoms with Crippen molar-refractivity contribution in [1.29, 1.82) is 0 Å². The van der Waals surface area contributed by atoms with Crippen molar-refractivity contribution in [2.75, 3.05) is 6.61 Å². The highest BCUT2D eigenvalue weighted by Gasteiger charge is 2.37. The van der Waals surface area contributed by atoms with Gasteiger partial charge in [0, 0.05) is 24.8 Å². The molecule has 13 heteroatoms. The Kier molecular flexibility index (Phi) is 10.7. The zero-order valence-electron chi connectivity index (χ0n) is 26.6. The van der Waals surface area contributed by atoms with Crippen LogP contribution in [-0.2, 0) is 40.4 Å². The first kappa shape index (κ1) is 34.7. The molecule has 3 aromatic carbocycles. The van der Waals surface area contributed by atoms with Crippen molar-refractivity contribution in [2.24, 2.45) is 0 Å². The monoisotopic (exact) mass is 664 g/mol. The summed E-state index contributed by atoms with van der Waals surface area (Å²) in [7, 11) is -4.46. The average Bonchev–Trinajstić information content (AvgIpc) is 3.41. The van der Waals surface area contributed by atoms with Crippen LogP contribution in [-0.4, -0.2) is 55.0 Å². The summed E-state index contributed by atoms with van der Waals surface area (Å²) in [6.45, 7) is 6.76. The van der Waals surface area contributed by atoms with Crippen molar-refractivity contribution >= 4 is 45.2 Å². The number of esters is 2. The molecule has 0 bridgehead atoms. The van der Waals surface area contributed by atoms with Gasteiger partial charge in [0.25, 0.3) is 10.0 Å². The summed E-state index contributed by atoms with van der Waals surface area (Å²) >= 11 is 0. The minimum atomic E-state index is -4.46. The molecule has 0 spiro atoms. The van der Waals surface area contributed by atoms with Crippen LogP contribution in [0.1, 0.15) is 62.3 Å². The third kappa shape index (κ3) is 8.76. The van der Waals surface area contributed by atoms with Gasteiger partial charge in [0.15, 0.2) is 6.10 Å². The largest absolute Gasteiger partial charge is 0.488 e. The third-order valence-electron chi connectivity index (χ3n) is 6.66. The maximum atomic E-state index is 14.4. The molecular weight excluding hydrogens is 628 g/mol. The highest BCUT2D eigenvalue weighted by molar-refractivity contribution is 7.90. The van der Waals surface area contributed by atoms with Gasteiger partial charge in [0.05, 0.1) is 16.1 Å². The summed E-state index contributed by atoms with van der Waals surface area (Å²) in [5.41, 5.74) is -0.0805. The Bertz CT molecular complexity index is 1860. The van der Waals surface area contributed by atoms with Crippen molar-refractivity contribution in [1.82, 2.24) is 9.29 Å². The Morgan fingerprint density at radius 3 is 2.13 bits per heavy atom. The molecule has 1 aromatic heterocycles. The molecule has 0 saturated carbocycles. The fourth-order valence-electron chi connectivity index (χ4n) is 4.78. The molecule has 0 fully saturated rings. The van der Waals surface area contributed by atoms with E-state index in [0.29, 0.717) is 6.29 Å². The topological polar surface area (TPSA) is 156 Å². The standard InChI is InChI=1S/C34H36N2O10S/c1-22(38)43-21-28(35-33(40)46-34(3,4)5)32(45-23(2)39)30-18-27-29(36(30)47(41,42)26-14-10-7-11-15-26)16-25(19-37)17-31(27)44-20-24-12-8-6-9-13-24/h6-19,28,32H,20-21H2,1-5H3,(H,35,40)/t28-,32-/m0/s1. The molecule has 1 N–H and O–H groups in total. The van der Waals surface area contributed by atoms with Gasteiger partial charge in [-0.25, -0.2) is 17.2 Å². The minimum Gasteiger partial charge on any atom is -0.488 e. The fourth-order valence-corrected chi connectivity index (χ4v) is 6.33. The summed E-state index contributed by atoms with van der Waals surface area (Å²) in [6, 6.07) is 19.7. The van der Waals surface area contributed by atoms with E-state index in [-0.39, 0.29) is 39.4 Å². The number of alkyl carbamates (subject to hydrolysis) is 1. The van der Waals surface area contributed by atoms with Gasteiger partial charge >= 0.3 is 18.0 Å². The van der Waals surface area contributed by atoms with Crippen molar-refractivity contribution in [3.8, 4) is 5.75 Å². The molecular formula is C34H36N2O10S. The third-order valence-corrected chi connectivity index (χ3v) is 8.42. The number of ether oxygens (including phenoxy) is 4. The first-order valence-corrected chi connectivity index (χ1v) is 16.1. The second kappa shape index (κ2) is 14.5. The number of aldehydes is 1. The lowest BCUT2D eigenvalue weighted by molar-refractivity contribution is -0.151. The Morgan fingerprint density at radius 2 is 1.55 bits per heavy atom. The number of amides is 1. The van der Waals surface area contributed by atoms with Gasteiger partial charge in [-0.15, -0.1) is 0 Å². The van der Waals surface area contributed by atoms with E-state index in [1.165, 1.54) is 30.3 Å². The molecule has 0 aliphatic carbocycles. The van der Waals surface area contributed by atoms with E-state index in [1.54, 1.807) is 39.0 Å². The normalized spacial score (nSPS) is 12.9. The van der Waals surface area contributed by atoms with Crippen LogP contribution in [0, 0.1) is 0 Å². The van der Waals surface area contributed by atoms with Crippen molar-refractivity contribution in [2.45, 2.75) is 63.9 Å². The molecule has 0 aliphatic heterocycles. The fraction of sp³-hybridized carbons (Fsp3) is 0.294. The summed E-state index contributed by atoms with van der Waals surface area (Å²) < 4.78 is 52.2. The lowest BCUT2D eigenvalue weighted by atomic mass is 10.1. The number of nitrogens with zero attached hydrogens (tertiary/aromatic N) is 1. The molecule has 0 radical (unpaired) electrons. The second-order valence-corrected chi connectivity index (χ2v) is 13.4. The summed E-state index contributed by atoms with van der Waals surface area (Å²) in [6.07, 6.45) is -1.93. The van der Waals surface area contributed by atoms with E-state index < -0.39 is 52.4 Å². The summed E-state index contributed by atoms with van der Waals surface area (Å²) in [5.74, 6) is -1.35. The second-order valence-electron chi connectivity index (χ2n) is 11.6. The smallest absolute Gasteiger partial charge is 0.408 e. The van der Waals surface area contributed by atoms with Gasteiger partial charge in [0.2, 0.25) is 0 Å². The molecule has 12 nitrogen and oxygen atoms in total. The first-order valence-electron chi connectivity index (χ1n) is 14.6. The van der Waals surface area contributed by atoms with Gasteiger partial charge in [-0.05, 0) is 56.7 Å². The van der Waals surface area contributed by atoms with Crippen LogP contribution >= 0.6 is 0 Å². The SMILES string of the molecule is CC(=O)OC[C@H](NC(=O)OC(C)(C)C)[C@H](OC(C)=O)c1cc2c(OCc3ccccc3)cc(C=O)cc2n1S(=O)(=O)c1ccccc1. The van der Waals surface area contributed by atoms with Crippen LogP contribution in [0.4, 0.5) is 4.79 Å². The number of nitrogens with one attached hydrogen (secondary N) is 1. The number of aromatic nitrogens is 1. The zero-order valence-corrected chi connectivity index (χ0v) is 27.4. The van der Waals surface area contributed by atoms with Crippen LogP contribution in [0.3, 0.4) is 0 Å². The molecule has 0 aliphatic rings. The Hall–Kier alpha value is -5.17. The maximum Gasteiger partial charge on any atom is 0.408 e. The van der Waals surface area contributed by atoms with Gasteiger partial charge in [0.1, 0.15) is 36.9 Å². The molecule has 248 valence electrons. The Balaban J connectivity index is 2.00. The van der Waals surface area contributed by atoms with E-state index >= 15 is 0 Å². The molecule has 47 heavy (non-hydrogen) atoms. The van der Waals surface area contributed by atoms with Crippen LogP contribution in [0.15, 0.2) is 83.8 Å². The average molecular weight is 665 g/mol. The predicted molar refractivity (Wildman–Crippen MR) is 171 cm³/mol. The molecule has 0 saturated heterocycles. The van der Waals surface area contributed by atoms with Gasteiger partial charge in [-0.1, -0.05) is 48.5 Å². The number of carbonyl (C=O) groups is 4. The molecule has 1 amide bonds. The lowest BCUT2D eigenvalue weighted by Gasteiger charge is -2.29. The van der Waals surface area contributed by atoms with E-state index in [9.17, 15) is 27.6 Å². The number of carbonyl (C=O) groups excluding carboxylic acids is 4. The number of rotatable bonds is 12. The predicted octanol–water partition coefficient (Wildman–Crippen LogP) is 5.33. The number of benzene rings is 3. The molecule has 0 unspecified atom stereocenters. The van der Waals surface area contributed by atoms with Crippen LogP contribution in [0.2, 0.25) is 0 Å². The van der Waals surface area contributed by atoms with Crippen molar-refractivity contribution in [3.05, 3.63) is 95.7 Å². The quantitative estimate of drug-likeness (QED) is 0.119. The van der Waals surface area contributed by atoms with Gasteiger partial charge in [-0.3, -0.25) is 14.4 Å². The van der Waals surface area contributed by atoms with Crippen LogP contribution in [0.5, 0.6) is 5.75 Å². The van der Waals surface area contributed by atoms with Crippen molar-refractivity contribution < 1.29 is 46.5 Å². The Labute approximate surface area is 272 Å². The first-order chi connectivity index (χ1) is 22.2. The van der Waals surface area contributed by atoms with Crippen LogP contribution in [0.25, 0.3) is 10.9 Å². The lowest BCUT2D eigenvalue weighted by Crippen LogP contribution is -2.46. The maximum absolute atomic E-state index is 14.4. The Morgan fingerprint density at radius 1 is 0.915 bits per heavy atom. The highest BCUT2D eigenvalue weighted by Crippen LogP contribution is 2.38. The van der Waals surface area contributed by atoms with Crippen LogP contribution < -0.4 is 10.1 Å². The summed E-state index contributed by atoms with van der Waals surface area (Å²) in [5, 5.41) is 2.83. The van der Waals surface area contributed by atoms with E-state index in [1.807, 2.05) is 30.3 Å². The molecule has 4 rings (SSSR count). The van der Waals surface area contributed by atoms with Gasteiger partial charge < -0.3 is 24.3 Å². The van der Waals surface area contributed by atoms with Crippen molar-refractivity contribution in [3.63, 3.8) is 0 Å². The highest BCUT2D eigenvalue weighted by atomic mass is 32.2. The number of hydrogen-bond acceptors (Lipinski definition) is 10. The van der Waals surface area contributed by atoms with E-state index in [2.05, 4.69) is 5.32 Å².